The SMILES string of the molecule is O=C(c1ccc[nH]1)N1CC[C@@]2(C(=O)Nc3ccccc32)[C@@H]1CCc1ccccc1. The molecule has 2 amide bonds. The molecule has 3 heterocycles. The second kappa shape index (κ2) is 6.92. The summed E-state index contributed by atoms with van der Waals surface area (Å²) in [5.74, 6) is -0.0272. The van der Waals surface area contributed by atoms with Gasteiger partial charge in [0.2, 0.25) is 5.91 Å². The van der Waals surface area contributed by atoms with Crippen molar-refractivity contribution in [1.82, 2.24) is 9.88 Å². The van der Waals surface area contributed by atoms with Crippen molar-refractivity contribution in [3.63, 3.8) is 0 Å². The van der Waals surface area contributed by atoms with Crippen molar-refractivity contribution in [3.05, 3.63) is 89.7 Å². The predicted molar refractivity (Wildman–Crippen MR) is 112 cm³/mol. The van der Waals surface area contributed by atoms with Gasteiger partial charge in [-0.05, 0) is 48.6 Å². The van der Waals surface area contributed by atoms with Crippen LogP contribution in [0.1, 0.15) is 34.5 Å². The summed E-state index contributed by atoms with van der Waals surface area (Å²) in [7, 11) is 0. The summed E-state index contributed by atoms with van der Waals surface area (Å²) in [6.07, 6.45) is 3.95. The summed E-state index contributed by atoms with van der Waals surface area (Å²) in [6.45, 7) is 0.569. The van der Waals surface area contributed by atoms with Gasteiger partial charge in [0.05, 0.1) is 11.5 Å². The first-order valence-electron chi connectivity index (χ1n) is 10.1. The lowest BCUT2D eigenvalue weighted by Crippen LogP contribution is -2.49. The Morgan fingerprint density at radius 2 is 1.83 bits per heavy atom. The third-order valence-electron chi connectivity index (χ3n) is 6.39. The Labute approximate surface area is 169 Å². The molecule has 2 aromatic carbocycles. The summed E-state index contributed by atoms with van der Waals surface area (Å²) in [5, 5.41) is 3.07. The summed E-state index contributed by atoms with van der Waals surface area (Å²) < 4.78 is 0. The maximum absolute atomic E-state index is 13.3. The molecule has 2 N–H and O–H groups in total. The molecule has 1 fully saturated rings. The molecule has 146 valence electrons. The highest BCUT2D eigenvalue weighted by atomic mass is 16.2. The lowest BCUT2D eigenvalue weighted by molar-refractivity contribution is -0.121. The standard InChI is InChI=1S/C24H23N3O2/c28-22(20-11-6-15-25-20)27-16-14-24(18-9-4-5-10-19(18)26-23(24)29)21(27)13-12-17-7-2-1-3-8-17/h1-11,15,21,25H,12-14,16H2,(H,26,29)/t21-,24-/m0/s1. The Balaban J connectivity index is 1.54. The molecule has 0 bridgehead atoms. The molecule has 0 unspecified atom stereocenters. The van der Waals surface area contributed by atoms with Gasteiger partial charge in [0.15, 0.2) is 0 Å². The smallest absolute Gasteiger partial charge is 0.270 e. The second-order valence-electron chi connectivity index (χ2n) is 7.84. The fourth-order valence-electron chi connectivity index (χ4n) is 5.01. The number of aromatic amines is 1. The van der Waals surface area contributed by atoms with E-state index in [4.69, 9.17) is 0 Å². The van der Waals surface area contributed by atoms with Crippen LogP contribution in [0.25, 0.3) is 0 Å². The van der Waals surface area contributed by atoms with E-state index in [0.717, 1.165) is 24.1 Å². The van der Waals surface area contributed by atoms with Crippen LogP contribution in [-0.2, 0) is 16.6 Å². The maximum atomic E-state index is 13.3. The molecule has 3 aromatic rings. The highest BCUT2D eigenvalue weighted by Crippen LogP contribution is 2.49. The molecule has 2 aliphatic rings. The van der Waals surface area contributed by atoms with E-state index in [0.29, 0.717) is 18.7 Å². The van der Waals surface area contributed by atoms with Gasteiger partial charge in [-0.1, -0.05) is 48.5 Å². The Morgan fingerprint density at radius 3 is 2.62 bits per heavy atom. The van der Waals surface area contributed by atoms with Crippen molar-refractivity contribution in [2.24, 2.45) is 0 Å². The van der Waals surface area contributed by atoms with Crippen LogP contribution >= 0.6 is 0 Å². The van der Waals surface area contributed by atoms with Gasteiger partial charge in [-0.15, -0.1) is 0 Å². The molecule has 2 aliphatic heterocycles. The van der Waals surface area contributed by atoms with Gasteiger partial charge in [-0.2, -0.15) is 0 Å². The van der Waals surface area contributed by atoms with Crippen LogP contribution in [0.5, 0.6) is 0 Å². The van der Waals surface area contributed by atoms with Crippen LogP contribution in [0.3, 0.4) is 0 Å². The number of fused-ring (bicyclic) bond motifs is 2. The molecule has 5 heteroatoms. The largest absolute Gasteiger partial charge is 0.357 e. The molecule has 0 aliphatic carbocycles. The van der Waals surface area contributed by atoms with Crippen molar-refractivity contribution in [3.8, 4) is 0 Å². The minimum atomic E-state index is -0.687. The van der Waals surface area contributed by atoms with Crippen molar-refractivity contribution in [2.45, 2.75) is 30.7 Å². The quantitative estimate of drug-likeness (QED) is 0.718. The first kappa shape index (κ1) is 17.7. The fourth-order valence-corrected chi connectivity index (χ4v) is 5.01. The molecule has 5 rings (SSSR count). The highest BCUT2D eigenvalue weighted by molar-refractivity contribution is 6.08. The number of anilines is 1. The number of benzene rings is 2. The van der Waals surface area contributed by atoms with Gasteiger partial charge in [0, 0.05) is 18.4 Å². The maximum Gasteiger partial charge on any atom is 0.270 e. The Bertz CT molecular complexity index is 1050. The number of carbonyl (C=O) groups excluding carboxylic acids is 2. The number of aryl methyl sites for hydroxylation is 1. The highest BCUT2D eigenvalue weighted by Gasteiger charge is 2.58. The third kappa shape index (κ3) is 2.77. The molecular weight excluding hydrogens is 362 g/mol. The molecule has 5 nitrogen and oxygen atoms in total. The summed E-state index contributed by atoms with van der Waals surface area (Å²) >= 11 is 0. The Morgan fingerprint density at radius 1 is 1.03 bits per heavy atom. The Kier molecular flexibility index (Phi) is 4.23. The average molecular weight is 385 g/mol. The topological polar surface area (TPSA) is 65.2 Å². The zero-order valence-corrected chi connectivity index (χ0v) is 16.1. The first-order valence-corrected chi connectivity index (χ1v) is 10.1. The summed E-state index contributed by atoms with van der Waals surface area (Å²) in [4.78, 5) is 31.5. The van der Waals surface area contributed by atoms with Crippen LogP contribution < -0.4 is 5.32 Å². The molecule has 2 atom stereocenters. The molecular formula is C24H23N3O2. The number of para-hydroxylation sites is 1. The van der Waals surface area contributed by atoms with Crippen molar-refractivity contribution in [1.29, 1.82) is 0 Å². The van der Waals surface area contributed by atoms with E-state index < -0.39 is 5.41 Å². The lowest BCUT2D eigenvalue weighted by Gasteiger charge is -2.34. The number of amides is 2. The molecule has 0 saturated carbocycles. The van der Waals surface area contributed by atoms with Gasteiger partial charge in [0.1, 0.15) is 5.69 Å². The van der Waals surface area contributed by atoms with Gasteiger partial charge in [-0.3, -0.25) is 9.59 Å². The number of hydrogen-bond acceptors (Lipinski definition) is 2. The van der Waals surface area contributed by atoms with Crippen LogP contribution in [0, 0.1) is 0 Å². The third-order valence-corrected chi connectivity index (χ3v) is 6.39. The number of H-pyrrole nitrogens is 1. The number of rotatable bonds is 4. The van der Waals surface area contributed by atoms with E-state index >= 15 is 0 Å². The van der Waals surface area contributed by atoms with E-state index in [1.165, 1.54) is 5.56 Å². The predicted octanol–water partition coefficient (Wildman–Crippen LogP) is 3.75. The number of likely N-dealkylation sites (tertiary alicyclic amines) is 1. The van der Waals surface area contributed by atoms with Crippen LogP contribution in [0.2, 0.25) is 0 Å². The van der Waals surface area contributed by atoms with Gasteiger partial charge in [0.25, 0.3) is 5.91 Å². The number of nitrogens with one attached hydrogen (secondary N) is 2. The van der Waals surface area contributed by atoms with Gasteiger partial charge < -0.3 is 15.2 Å². The first-order chi connectivity index (χ1) is 14.2. The number of nitrogens with zero attached hydrogens (tertiary/aromatic N) is 1. The van der Waals surface area contributed by atoms with E-state index in [2.05, 4.69) is 22.4 Å². The normalized spacial score (nSPS) is 22.7. The second-order valence-corrected chi connectivity index (χ2v) is 7.84. The van der Waals surface area contributed by atoms with Crippen LogP contribution in [0.15, 0.2) is 72.9 Å². The van der Waals surface area contributed by atoms with E-state index in [9.17, 15) is 9.59 Å². The molecule has 0 radical (unpaired) electrons. The minimum absolute atomic E-state index is 0.0125. The van der Waals surface area contributed by atoms with Crippen molar-refractivity contribution < 1.29 is 9.59 Å². The zero-order valence-electron chi connectivity index (χ0n) is 16.1. The average Bonchev–Trinajstić information content (AvgIpc) is 3.47. The fraction of sp³-hybridized carbons (Fsp3) is 0.250. The van der Waals surface area contributed by atoms with Gasteiger partial charge in [-0.25, -0.2) is 0 Å². The summed E-state index contributed by atoms with van der Waals surface area (Å²) in [6, 6.07) is 21.6. The van der Waals surface area contributed by atoms with E-state index in [1.54, 1.807) is 12.3 Å². The molecule has 1 saturated heterocycles. The Hall–Kier alpha value is -3.34. The molecule has 1 spiro atoms. The monoisotopic (exact) mass is 385 g/mol. The van der Waals surface area contributed by atoms with Crippen molar-refractivity contribution in [2.75, 3.05) is 11.9 Å². The van der Waals surface area contributed by atoms with Crippen LogP contribution in [-0.4, -0.2) is 34.3 Å². The lowest BCUT2D eigenvalue weighted by atomic mass is 9.73. The zero-order chi connectivity index (χ0) is 19.8. The molecule has 29 heavy (non-hydrogen) atoms. The van der Waals surface area contributed by atoms with Gasteiger partial charge >= 0.3 is 0 Å². The molecule has 1 aromatic heterocycles. The minimum Gasteiger partial charge on any atom is -0.357 e. The number of hydrogen-bond donors (Lipinski definition) is 2. The van der Waals surface area contributed by atoms with E-state index in [1.807, 2.05) is 53.4 Å². The number of carbonyl (C=O) groups is 2. The summed E-state index contributed by atoms with van der Waals surface area (Å²) in [5.41, 5.74) is 2.99. The van der Waals surface area contributed by atoms with Crippen LogP contribution in [0.4, 0.5) is 5.69 Å². The van der Waals surface area contributed by atoms with Crippen molar-refractivity contribution >= 4 is 17.5 Å². The number of aromatic nitrogens is 1. The van der Waals surface area contributed by atoms with E-state index in [-0.39, 0.29) is 17.9 Å².